The van der Waals surface area contributed by atoms with Crippen molar-refractivity contribution in [2.45, 2.75) is 58.1 Å². The molecular weight excluding hydrogens is 389 g/mol. The van der Waals surface area contributed by atoms with Crippen molar-refractivity contribution in [3.63, 3.8) is 0 Å². The van der Waals surface area contributed by atoms with E-state index in [1.54, 1.807) is 27.7 Å². The van der Waals surface area contributed by atoms with Crippen molar-refractivity contribution < 1.29 is 28.2 Å². The van der Waals surface area contributed by atoms with Crippen LogP contribution in [0.2, 0.25) is 5.02 Å². The number of benzene rings is 1. The number of likely N-dealkylation sites (tertiary alicyclic amines) is 1. The SMILES string of the molecule is CCOC(=O)CC(=O)[C@@H]1C[C@@H](c2cc(Cl)ccc2F)CN1C(=O)OC(C)(C)C. The number of ketones is 1. The highest BCUT2D eigenvalue weighted by atomic mass is 35.5. The Balaban J connectivity index is 2.27. The smallest absolute Gasteiger partial charge is 0.410 e. The number of amides is 1. The molecule has 0 spiro atoms. The Labute approximate surface area is 168 Å². The Bertz CT molecular complexity index is 761. The summed E-state index contributed by atoms with van der Waals surface area (Å²) in [6, 6.07) is 3.28. The molecule has 0 saturated carbocycles. The fourth-order valence-corrected chi connectivity index (χ4v) is 3.37. The van der Waals surface area contributed by atoms with Crippen LogP contribution in [0.15, 0.2) is 18.2 Å². The third-order valence-electron chi connectivity index (χ3n) is 4.32. The Morgan fingerprint density at radius 1 is 1.29 bits per heavy atom. The molecule has 1 aromatic carbocycles. The van der Waals surface area contributed by atoms with E-state index in [0.29, 0.717) is 10.6 Å². The molecule has 8 heteroatoms. The fraction of sp³-hybridized carbons (Fsp3) is 0.550. The van der Waals surface area contributed by atoms with E-state index in [0.717, 1.165) is 0 Å². The molecule has 1 amide bonds. The first-order valence-corrected chi connectivity index (χ1v) is 9.52. The van der Waals surface area contributed by atoms with E-state index in [1.165, 1.54) is 23.1 Å². The summed E-state index contributed by atoms with van der Waals surface area (Å²) < 4.78 is 24.5. The van der Waals surface area contributed by atoms with Gasteiger partial charge in [0.05, 0.1) is 12.6 Å². The highest BCUT2D eigenvalue weighted by Crippen LogP contribution is 2.36. The molecule has 1 fully saturated rings. The lowest BCUT2D eigenvalue weighted by Gasteiger charge is -2.27. The van der Waals surface area contributed by atoms with E-state index in [9.17, 15) is 18.8 Å². The van der Waals surface area contributed by atoms with Gasteiger partial charge in [-0.15, -0.1) is 0 Å². The molecular formula is C20H25ClFNO5. The Morgan fingerprint density at radius 2 is 1.96 bits per heavy atom. The first-order valence-electron chi connectivity index (χ1n) is 9.14. The topological polar surface area (TPSA) is 72.9 Å². The molecule has 1 aliphatic heterocycles. The van der Waals surface area contributed by atoms with E-state index >= 15 is 0 Å². The van der Waals surface area contributed by atoms with Gasteiger partial charge < -0.3 is 9.47 Å². The minimum Gasteiger partial charge on any atom is -0.466 e. The van der Waals surface area contributed by atoms with Crippen LogP contribution in [0.25, 0.3) is 0 Å². The second-order valence-corrected chi connectivity index (χ2v) is 8.13. The van der Waals surface area contributed by atoms with Gasteiger partial charge in [-0.1, -0.05) is 11.6 Å². The highest BCUT2D eigenvalue weighted by molar-refractivity contribution is 6.30. The van der Waals surface area contributed by atoms with Crippen LogP contribution in [0.1, 0.15) is 52.0 Å². The monoisotopic (exact) mass is 413 g/mol. The van der Waals surface area contributed by atoms with Crippen molar-refractivity contribution in [1.29, 1.82) is 0 Å². The van der Waals surface area contributed by atoms with Crippen LogP contribution >= 0.6 is 11.6 Å². The molecule has 0 bridgehead atoms. The quantitative estimate of drug-likeness (QED) is 0.537. The van der Waals surface area contributed by atoms with Gasteiger partial charge in [0.1, 0.15) is 17.8 Å². The van der Waals surface area contributed by atoms with Gasteiger partial charge in [0.2, 0.25) is 0 Å². The van der Waals surface area contributed by atoms with Gasteiger partial charge in [-0.2, -0.15) is 0 Å². The summed E-state index contributed by atoms with van der Waals surface area (Å²) in [5, 5.41) is 0.363. The third-order valence-corrected chi connectivity index (χ3v) is 4.56. The number of halogens is 2. The molecule has 1 aliphatic rings. The maximum absolute atomic E-state index is 14.3. The fourth-order valence-electron chi connectivity index (χ4n) is 3.19. The van der Waals surface area contributed by atoms with Crippen LogP contribution < -0.4 is 0 Å². The molecule has 2 atom stereocenters. The van der Waals surface area contributed by atoms with Crippen LogP contribution in [0.5, 0.6) is 0 Å². The van der Waals surface area contributed by atoms with Gasteiger partial charge in [0.25, 0.3) is 0 Å². The maximum Gasteiger partial charge on any atom is 0.410 e. The van der Waals surface area contributed by atoms with Gasteiger partial charge in [-0.25, -0.2) is 9.18 Å². The van der Waals surface area contributed by atoms with E-state index < -0.39 is 47.6 Å². The van der Waals surface area contributed by atoms with E-state index in [4.69, 9.17) is 21.1 Å². The van der Waals surface area contributed by atoms with Gasteiger partial charge in [-0.05, 0) is 57.9 Å². The van der Waals surface area contributed by atoms with Gasteiger partial charge in [-0.3, -0.25) is 14.5 Å². The summed E-state index contributed by atoms with van der Waals surface area (Å²) >= 11 is 5.98. The van der Waals surface area contributed by atoms with Crippen molar-refractivity contribution in [3.05, 3.63) is 34.6 Å². The molecule has 0 aromatic heterocycles. The molecule has 2 rings (SSSR count). The summed E-state index contributed by atoms with van der Waals surface area (Å²) in [4.78, 5) is 38.3. The first-order chi connectivity index (χ1) is 13.0. The molecule has 154 valence electrons. The number of hydrogen-bond acceptors (Lipinski definition) is 5. The van der Waals surface area contributed by atoms with Crippen LogP contribution in [0, 0.1) is 5.82 Å². The van der Waals surface area contributed by atoms with E-state index in [1.807, 2.05) is 0 Å². The minimum absolute atomic E-state index is 0.0887. The Hall–Kier alpha value is -2.15. The predicted octanol–water partition coefficient (Wildman–Crippen LogP) is 4.09. The molecule has 0 unspecified atom stereocenters. The highest BCUT2D eigenvalue weighted by Gasteiger charge is 2.43. The van der Waals surface area contributed by atoms with Gasteiger partial charge >= 0.3 is 12.1 Å². The number of nitrogens with zero attached hydrogens (tertiary/aromatic N) is 1. The van der Waals surface area contributed by atoms with Crippen LogP contribution in [-0.4, -0.2) is 47.5 Å². The number of hydrogen-bond donors (Lipinski definition) is 0. The van der Waals surface area contributed by atoms with Crippen molar-refractivity contribution in [2.24, 2.45) is 0 Å². The molecule has 1 saturated heterocycles. The van der Waals surface area contributed by atoms with Gasteiger partial charge in [0.15, 0.2) is 5.78 Å². The van der Waals surface area contributed by atoms with Crippen molar-refractivity contribution in [3.8, 4) is 0 Å². The Kier molecular flexibility index (Phi) is 7.04. The summed E-state index contributed by atoms with van der Waals surface area (Å²) in [5.41, 5.74) is -0.432. The molecule has 0 radical (unpaired) electrons. The zero-order chi connectivity index (χ0) is 21.1. The molecule has 28 heavy (non-hydrogen) atoms. The van der Waals surface area contributed by atoms with E-state index in [-0.39, 0.29) is 19.6 Å². The lowest BCUT2D eigenvalue weighted by Crippen LogP contribution is -2.44. The summed E-state index contributed by atoms with van der Waals surface area (Å²) in [6.07, 6.45) is -0.961. The minimum atomic E-state index is -0.900. The number of esters is 1. The average Bonchev–Trinajstić information content (AvgIpc) is 3.01. The molecule has 0 aliphatic carbocycles. The van der Waals surface area contributed by atoms with Crippen molar-refractivity contribution >= 4 is 29.4 Å². The van der Waals surface area contributed by atoms with Crippen LogP contribution in [0.3, 0.4) is 0 Å². The lowest BCUT2D eigenvalue weighted by atomic mass is 9.94. The number of rotatable bonds is 5. The predicted molar refractivity (Wildman–Crippen MR) is 102 cm³/mol. The van der Waals surface area contributed by atoms with Crippen LogP contribution in [-0.2, 0) is 19.1 Å². The number of carbonyl (C=O) groups excluding carboxylic acids is 3. The Morgan fingerprint density at radius 3 is 2.57 bits per heavy atom. The molecule has 0 N–H and O–H groups in total. The second-order valence-electron chi connectivity index (χ2n) is 7.70. The molecule has 6 nitrogen and oxygen atoms in total. The zero-order valence-corrected chi connectivity index (χ0v) is 17.2. The number of Topliss-reactive ketones (excluding diaryl/α,β-unsaturated/α-hetero) is 1. The number of ether oxygens (including phenoxy) is 2. The largest absolute Gasteiger partial charge is 0.466 e. The van der Waals surface area contributed by atoms with Crippen molar-refractivity contribution in [1.82, 2.24) is 4.90 Å². The van der Waals surface area contributed by atoms with Crippen molar-refractivity contribution in [2.75, 3.05) is 13.2 Å². The molecule has 1 aromatic rings. The first kappa shape index (κ1) is 22.1. The lowest BCUT2D eigenvalue weighted by molar-refractivity contribution is -0.146. The second kappa shape index (κ2) is 8.90. The summed E-state index contributed by atoms with van der Waals surface area (Å²) in [5.74, 6) is -2.03. The average molecular weight is 414 g/mol. The molecule has 1 heterocycles. The van der Waals surface area contributed by atoms with E-state index in [2.05, 4.69) is 0 Å². The summed E-state index contributed by atoms with van der Waals surface area (Å²) in [7, 11) is 0. The summed E-state index contributed by atoms with van der Waals surface area (Å²) in [6.45, 7) is 7.02. The maximum atomic E-state index is 14.3. The standard InChI is InChI=1S/C20H25ClFNO5/c1-5-27-18(25)10-17(24)16-8-12(14-9-13(21)6-7-15(14)22)11-23(16)19(26)28-20(2,3)4/h6-7,9,12,16H,5,8,10-11H2,1-4H3/t12-,16+/m1/s1. The number of carbonyl (C=O) groups is 3. The normalized spacial score (nSPS) is 19.4. The zero-order valence-electron chi connectivity index (χ0n) is 16.5. The van der Waals surface area contributed by atoms with Crippen LogP contribution in [0.4, 0.5) is 9.18 Å². The van der Waals surface area contributed by atoms with Gasteiger partial charge in [0, 0.05) is 17.5 Å². The third kappa shape index (κ3) is 5.67.